The molecule has 1 aliphatic rings. The Morgan fingerprint density at radius 3 is 3.00 bits per heavy atom. The molecule has 1 atom stereocenters. The second kappa shape index (κ2) is 4.72. The zero-order chi connectivity index (χ0) is 10.7. The molecule has 0 radical (unpaired) electrons. The van der Waals surface area contributed by atoms with Crippen molar-refractivity contribution >= 4 is 0 Å². The fourth-order valence-corrected chi connectivity index (χ4v) is 2.06. The standard InChI is InChI=1S/C10H19N5/c1-14-4-3-9(7-14)5-11-6-10-12-8-13-15(10)2/h8-9,11H,3-7H2,1-2H3. The molecule has 5 nitrogen and oxygen atoms in total. The molecule has 1 aliphatic heterocycles. The molecule has 1 N–H and O–H groups in total. The maximum absolute atomic E-state index is 4.17. The van der Waals surface area contributed by atoms with E-state index in [2.05, 4.69) is 27.3 Å². The van der Waals surface area contributed by atoms with Crippen LogP contribution in [-0.4, -0.2) is 46.3 Å². The van der Waals surface area contributed by atoms with Crippen LogP contribution in [0.5, 0.6) is 0 Å². The molecule has 1 unspecified atom stereocenters. The predicted octanol–water partition coefficient (Wildman–Crippen LogP) is -0.144. The Morgan fingerprint density at radius 2 is 2.40 bits per heavy atom. The van der Waals surface area contributed by atoms with Gasteiger partial charge >= 0.3 is 0 Å². The Bertz CT molecular complexity index is 309. The second-order valence-electron chi connectivity index (χ2n) is 4.35. The highest BCUT2D eigenvalue weighted by Crippen LogP contribution is 2.12. The molecule has 0 bridgehead atoms. The molecule has 1 aromatic heterocycles. The summed E-state index contributed by atoms with van der Waals surface area (Å²) in [4.78, 5) is 6.56. The molecule has 1 saturated heterocycles. The minimum atomic E-state index is 0.795. The van der Waals surface area contributed by atoms with Gasteiger partial charge in [-0.2, -0.15) is 5.10 Å². The number of aryl methyl sites for hydroxylation is 1. The molecule has 84 valence electrons. The van der Waals surface area contributed by atoms with E-state index in [1.54, 1.807) is 6.33 Å². The van der Waals surface area contributed by atoms with E-state index in [0.717, 1.165) is 24.8 Å². The summed E-state index contributed by atoms with van der Waals surface area (Å²) in [7, 11) is 4.11. The minimum absolute atomic E-state index is 0.795. The Morgan fingerprint density at radius 1 is 1.53 bits per heavy atom. The summed E-state index contributed by atoms with van der Waals surface area (Å²) in [6, 6.07) is 0. The molecule has 0 spiro atoms. The normalized spacial score (nSPS) is 22.4. The average Bonchev–Trinajstić information content (AvgIpc) is 2.77. The van der Waals surface area contributed by atoms with E-state index in [1.165, 1.54) is 19.5 Å². The number of nitrogens with one attached hydrogen (secondary N) is 1. The topological polar surface area (TPSA) is 46.0 Å². The van der Waals surface area contributed by atoms with Gasteiger partial charge in [-0.3, -0.25) is 4.68 Å². The largest absolute Gasteiger partial charge is 0.310 e. The van der Waals surface area contributed by atoms with Gasteiger partial charge in [0, 0.05) is 13.6 Å². The van der Waals surface area contributed by atoms with Gasteiger partial charge in [-0.1, -0.05) is 0 Å². The third-order valence-corrected chi connectivity index (χ3v) is 3.01. The van der Waals surface area contributed by atoms with Gasteiger partial charge in [0.25, 0.3) is 0 Å². The van der Waals surface area contributed by atoms with Crippen LogP contribution in [0, 0.1) is 5.92 Å². The van der Waals surface area contributed by atoms with Gasteiger partial charge in [0.1, 0.15) is 12.2 Å². The fraction of sp³-hybridized carbons (Fsp3) is 0.800. The third-order valence-electron chi connectivity index (χ3n) is 3.01. The molecule has 0 aliphatic carbocycles. The number of aromatic nitrogens is 3. The van der Waals surface area contributed by atoms with Crippen molar-refractivity contribution in [1.82, 2.24) is 25.0 Å². The van der Waals surface area contributed by atoms with Crippen LogP contribution in [-0.2, 0) is 13.6 Å². The van der Waals surface area contributed by atoms with E-state index in [9.17, 15) is 0 Å². The van der Waals surface area contributed by atoms with Gasteiger partial charge in [0.2, 0.25) is 0 Å². The predicted molar refractivity (Wildman–Crippen MR) is 58.3 cm³/mol. The highest BCUT2D eigenvalue weighted by molar-refractivity contribution is 4.83. The highest BCUT2D eigenvalue weighted by atomic mass is 15.3. The van der Waals surface area contributed by atoms with E-state index in [-0.39, 0.29) is 0 Å². The van der Waals surface area contributed by atoms with Crippen molar-refractivity contribution in [3.05, 3.63) is 12.2 Å². The molecule has 0 aromatic carbocycles. The Labute approximate surface area is 90.5 Å². The Balaban J connectivity index is 1.69. The van der Waals surface area contributed by atoms with Gasteiger partial charge in [-0.25, -0.2) is 4.98 Å². The lowest BCUT2D eigenvalue weighted by Crippen LogP contribution is -2.25. The molecule has 2 heterocycles. The molecular formula is C10H19N5. The summed E-state index contributed by atoms with van der Waals surface area (Å²) in [5.41, 5.74) is 0. The zero-order valence-corrected chi connectivity index (χ0v) is 9.48. The van der Waals surface area contributed by atoms with Gasteiger partial charge in [-0.15, -0.1) is 0 Å². The van der Waals surface area contributed by atoms with Crippen molar-refractivity contribution in [2.75, 3.05) is 26.7 Å². The van der Waals surface area contributed by atoms with E-state index in [0.29, 0.717) is 0 Å². The van der Waals surface area contributed by atoms with Crippen LogP contribution in [0.15, 0.2) is 6.33 Å². The van der Waals surface area contributed by atoms with E-state index in [4.69, 9.17) is 0 Å². The summed E-state index contributed by atoms with van der Waals surface area (Å²) in [6.07, 6.45) is 2.91. The van der Waals surface area contributed by atoms with Gasteiger partial charge in [0.15, 0.2) is 0 Å². The summed E-state index contributed by atoms with van der Waals surface area (Å²) < 4.78 is 1.81. The molecule has 0 saturated carbocycles. The summed E-state index contributed by atoms with van der Waals surface area (Å²) in [5.74, 6) is 1.80. The minimum Gasteiger partial charge on any atom is -0.310 e. The van der Waals surface area contributed by atoms with Crippen LogP contribution < -0.4 is 5.32 Å². The van der Waals surface area contributed by atoms with Crippen molar-refractivity contribution in [1.29, 1.82) is 0 Å². The monoisotopic (exact) mass is 209 g/mol. The first kappa shape index (κ1) is 10.6. The van der Waals surface area contributed by atoms with Crippen LogP contribution in [0.3, 0.4) is 0 Å². The van der Waals surface area contributed by atoms with Crippen molar-refractivity contribution in [3.8, 4) is 0 Å². The summed E-state index contributed by atoms with van der Waals surface area (Å²) in [5, 5.41) is 7.48. The maximum Gasteiger partial charge on any atom is 0.140 e. The van der Waals surface area contributed by atoms with Gasteiger partial charge in [-0.05, 0) is 32.5 Å². The van der Waals surface area contributed by atoms with Gasteiger partial charge in [0.05, 0.1) is 6.54 Å². The lowest BCUT2D eigenvalue weighted by atomic mass is 10.1. The Kier molecular flexibility index (Phi) is 3.33. The van der Waals surface area contributed by atoms with Crippen molar-refractivity contribution < 1.29 is 0 Å². The SMILES string of the molecule is CN1CCC(CNCc2ncnn2C)C1. The highest BCUT2D eigenvalue weighted by Gasteiger charge is 2.18. The number of nitrogens with zero attached hydrogens (tertiary/aromatic N) is 4. The fourth-order valence-electron chi connectivity index (χ4n) is 2.06. The van der Waals surface area contributed by atoms with Crippen LogP contribution in [0.25, 0.3) is 0 Å². The first-order valence-electron chi connectivity index (χ1n) is 5.48. The van der Waals surface area contributed by atoms with Crippen LogP contribution in [0.4, 0.5) is 0 Å². The van der Waals surface area contributed by atoms with E-state index in [1.807, 2.05) is 11.7 Å². The third kappa shape index (κ3) is 2.76. The molecule has 1 fully saturated rings. The van der Waals surface area contributed by atoms with Crippen molar-refractivity contribution in [2.24, 2.45) is 13.0 Å². The van der Waals surface area contributed by atoms with E-state index >= 15 is 0 Å². The van der Waals surface area contributed by atoms with Crippen LogP contribution in [0.1, 0.15) is 12.2 Å². The first-order chi connectivity index (χ1) is 7.25. The number of rotatable bonds is 4. The maximum atomic E-state index is 4.17. The van der Waals surface area contributed by atoms with Crippen LogP contribution >= 0.6 is 0 Å². The number of hydrogen-bond acceptors (Lipinski definition) is 4. The first-order valence-corrected chi connectivity index (χ1v) is 5.48. The Hall–Kier alpha value is -0.940. The van der Waals surface area contributed by atoms with E-state index < -0.39 is 0 Å². The number of hydrogen-bond donors (Lipinski definition) is 1. The average molecular weight is 209 g/mol. The summed E-state index contributed by atoms with van der Waals surface area (Å²) in [6.45, 7) is 4.34. The van der Waals surface area contributed by atoms with Gasteiger partial charge < -0.3 is 10.2 Å². The second-order valence-corrected chi connectivity index (χ2v) is 4.35. The summed E-state index contributed by atoms with van der Waals surface area (Å²) >= 11 is 0. The smallest absolute Gasteiger partial charge is 0.140 e. The molecular weight excluding hydrogens is 190 g/mol. The lowest BCUT2D eigenvalue weighted by molar-refractivity contribution is 0.387. The molecule has 15 heavy (non-hydrogen) atoms. The number of likely N-dealkylation sites (tertiary alicyclic amines) is 1. The molecule has 0 amide bonds. The zero-order valence-electron chi connectivity index (χ0n) is 9.48. The quantitative estimate of drug-likeness (QED) is 0.749. The lowest BCUT2D eigenvalue weighted by Gasteiger charge is -2.11. The van der Waals surface area contributed by atoms with Crippen molar-refractivity contribution in [3.63, 3.8) is 0 Å². The molecule has 2 rings (SSSR count). The van der Waals surface area contributed by atoms with Crippen LogP contribution in [0.2, 0.25) is 0 Å². The molecule has 5 heteroatoms. The molecule has 1 aromatic rings. The van der Waals surface area contributed by atoms with Crippen molar-refractivity contribution in [2.45, 2.75) is 13.0 Å².